The molecular weight excluding hydrogens is 468 g/mol. The Morgan fingerprint density at radius 1 is 1.05 bits per heavy atom. The van der Waals surface area contributed by atoms with Crippen molar-refractivity contribution < 1.29 is 9.53 Å². The Labute approximate surface area is 215 Å². The van der Waals surface area contributed by atoms with Gasteiger partial charge in [-0.25, -0.2) is 9.67 Å². The van der Waals surface area contributed by atoms with Gasteiger partial charge in [0.25, 0.3) is 5.56 Å². The highest BCUT2D eigenvalue weighted by Gasteiger charge is 2.17. The van der Waals surface area contributed by atoms with Crippen molar-refractivity contribution in [3.05, 3.63) is 94.0 Å². The highest BCUT2D eigenvalue weighted by molar-refractivity contribution is 5.76. The summed E-state index contributed by atoms with van der Waals surface area (Å²) in [5, 5.41) is 7.79. The van der Waals surface area contributed by atoms with Crippen LogP contribution in [0.2, 0.25) is 0 Å². The van der Waals surface area contributed by atoms with Crippen LogP contribution in [0, 0.1) is 6.92 Å². The summed E-state index contributed by atoms with van der Waals surface area (Å²) >= 11 is 0. The van der Waals surface area contributed by atoms with Crippen molar-refractivity contribution in [2.24, 2.45) is 0 Å². The minimum atomic E-state index is -0.197. The lowest BCUT2D eigenvalue weighted by molar-refractivity contribution is -0.121. The SMILES string of the molecule is Cc1nc(N2CCOCC2)[nH]c(=O)c1CCC(=O)NCc1cn(-c2ccccc2)nc1-c1ccccc1. The summed E-state index contributed by atoms with van der Waals surface area (Å²) in [6, 6.07) is 19.8. The molecule has 1 aliphatic heterocycles. The first-order valence-electron chi connectivity index (χ1n) is 12.5. The van der Waals surface area contributed by atoms with Crippen LogP contribution in [0.3, 0.4) is 0 Å². The number of nitrogens with zero attached hydrogens (tertiary/aromatic N) is 4. The monoisotopic (exact) mass is 498 g/mol. The van der Waals surface area contributed by atoms with E-state index < -0.39 is 0 Å². The number of benzene rings is 2. The number of ether oxygens (including phenoxy) is 1. The first kappa shape index (κ1) is 24.5. The zero-order valence-corrected chi connectivity index (χ0v) is 20.8. The normalized spacial score (nSPS) is 13.5. The van der Waals surface area contributed by atoms with Crippen molar-refractivity contribution in [1.82, 2.24) is 25.1 Å². The van der Waals surface area contributed by atoms with Crippen molar-refractivity contribution >= 4 is 11.9 Å². The maximum atomic E-state index is 12.8. The zero-order chi connectivity index (χ0) is 25.6. The van der Waals surface area contributed by atoms with Crippen molar-refractivity contribution in [3.8, 4) is 16.9 Å². The van der Waals surface area contributed by atoms with E-state index in [1.165, 1.54) is 0 Å². The Bertz CT molecular complexity index is 1410. The lowest BCUT2D eigenvalue weighted by Gasteiger charge is -2.27. The number of H-pyrrole nitrogens is 1. The number of rotatable bonds is 8. The number of anilines is 1. The number of aromatic amines is 1. The van der Waals surface area contributed by atoms with Gasteiger partial charge in [-0.2, -0.15) is 5.10 Å². The standard InChI is InChI=1S/C28H30N6O3/c1-20-24(27(36)31-28(30-20)33-14-16-37-17-15-33)12-13-25(35)29-18-22-19-34(23-10-6-3-7-11-23)32-26(22)21-8-4-2-5-9-21/h2-11,19H,12-18H2,1H3,(H,29,35)(H,30,31,36). The van der Waals surface area contributed by atoms with Gasteiger partial charge in [0.2, 0.25) is 11.9 Å². The van der Waals surface area contributed by atoms with E-state index in [4.69, 9.17) is 9.84 Å². The van der Waals surface area contributed by atoms with E-state index in [-0.39, 0.29) is 17.9 Å². The molecule has 0 aliphatic carbocycles. The molecule has 0 atom stereocenters. The van der Waals surface area contributed by atoms with Gasteiger partial charge in [-0.05, 0) is 25.5 Å². The number of hydrogen-bond acceptors (Lipinski definition) is 6. The van der Waals surface area contributed by atoms with Crippen LogP contribution >= 0.6 is 0 Å². The van der Waals surface area contributed by atoms with Gasteiger partial charge in [0.05, 0.1) is 24.6 Å². The van der Waals surface area contributed by atoms with E-state index in [0.29, 0.717) is 56.5 Å². The molecule has 2 N–H and O–H groups in total. The van der Waals surface area contributed by atoms with Gasteiger partial charge in [-0.3, -0.25) is 14.6 Å². The summed E-state index contributed by atoms with van der Waals surface area (Å²) < 4.78 is 7.20. The summed E-state index contributed by atoms with van der Waals surface area (Å²) in [6.07, 6.45) is 2.45. The third-order valence-electron chi connectivity index (χ3n) is 6.46. The second-order valence-electron chi connectivity index (χ2n) is 8.98. The molecule has 0 unspecified atom stereocenters. The fourth-order valence-electron chi connectivity index (χ4n) is 4.43. The number of carbonyl (C=O) groups excluding carboxylic acids is 1. The van der Waals surface area contributed by atoms with Crippen LogP contribution in [0.5, 0.6) is 0 Å². The predicted octanol–water partition coefficient (Wildman–Crippen LogP) is 3.02. The van der Waals surface area contributed by atoms with Crippen LogP contribution in [0.1, 0.15) is 23.2 Å². The molecule has 3 heterocycles. The molecular formula is C28H30N6O3. The number of nitrogens with one attached hydrogen (secondary N) is 2. The average molecular weight is 499 g/mol. The van der Waals surface area contributed by atoms with Crippen LogP contribution < -0.4 is 15.8 Å². The third-order valence-corrected chi connectivity index (χ3v) is 6.46. The molecule has 2 aromatic heterocycles. The fourth-order valence-corrected chi connectivity index (χ4v) is 4.43. The topological polar surface area (TPSA) is 105 Å². The van der Waals surface area contributed by atoms with Crippen LogP contribution in [0.25, 0.3) is 16.9 Å². The molecule has 37 heavy (non-hydrogen) atoms. The van der Waals surface area contributed by atoms with Crippen LogP contribution in [-0.4, -0.2) is 52.0 Å². The Balaban J connectivity index is 1.26. The minimum absolute atomic E-state index is 0.137. The number of amides is 1. The van der Waals surface area contributed by atoms with Gasteiger partial charge in [-0.1, -0.05) is 48.5 Å². The van der Waals surface area contributed by atoms with Crippen LogP contribution in [0.4, 0.5) is 5.95 Å². The van der Waals surface area contributed by atoms with Gasteiger partial charge < -0.3 is 15.0 Å². The second-order valence-corrected chi connectivity index (χ2v) is 8.98. The molecule has 1 fully saturated rings. The third kappa shape index (κ3) is 5.78. The molecule has 4 aromatic rings. The number of aromatic nitrogens is 4. The molecule has 190 valence electrons. The highest BCUT2D eigenvalue weighted by Crippen LogP contribution is 2.23. The molecule has 9 nitrogen and oxygen atoms in total. The van der Waals surface area contributed by atoms with Crippen molar-refractivity contribution in [1.29, 1.82) is 0 Å². The summed E-state index contributed by atoms with van der Waals surface area (Å²) in [5.41, 5.74) is 4.64. The maximum absolute atomic E-state index is 12.8. The lowest BCUT2D eigenvalue weighted by Crippen LogP contribution is -2.38. The Morgan fingerprint density at radius 3 is 2.46 bits per heavy atom. The fraction of sp³-hybridized carbons (Fsp3) is 0.286. The largest absolute Gasteiger partial charge is 0.378 e. The summed E-state index contributed by atoms with van der Waals surface area (Å²) in [6.45, 7) is 4.75. The zero-order valence-electron chi connectivity index (χ0n) is 20.8. The molecule has 0 radical (unpaired) electrons. The van der Waals surface area contributed by atoms with E-state index >= 15 is 0 Å². The predicted molar refractivity (Wildman–Crippen MR) is 142 cm³/mol. The second kappa shape index (κ2) is 11.2. The summed E-state index contributed by atoms with van der Waals surface area (Å²) in [7, 11) is 0. The molecule has 1 aliphatic rings. The van der Waals surface area contributed by atoms with E-state index in [2.05, 4.69) is 15.3 Å². The smallest absolute Gasteiger partial charge is 0.255 e. The molecule has 0 saturated carbocycles. The molecule has 0 bridgehead atoms. The van der Waals surface area contributed by atoms with Crippen LogP contribution in [0.15, 0.2) is 71.7 Å². The van der Waals surface area contributed by atoms with E-state index in [9.17, 15) is 9.59 Å². The first-order valence-corrected chi connectivity index (χ1v) is 12.5. The number of morpholine rings is 1. The van der Waals surface area contributed by atoms with Gasteiger partial charge in [0.15, 0.2) is 0 Å². The van der Waals surface area contributed by atoms with Gasteiger partial charge in [-0.15, -0.1) is 0 Å². The summed E-state index contributed by atoms with van der Waals surface area (Å²) in [5.74, 6) is 0.422. The quantitative estimate of drug-likeness (QED) is 0.387. The number of carbonyl (C=O) groups is 1. The Kier molecular flexibility index (Phi) is 7.41. The summed E-state index contributed by atoms with van der Waals surface area (Å²) in [4.78, 5) is 35.0. The van der Waals surface area contributed by atoms with Crippen LogP contribution in [-0.2, 0) is 22.5 Å². The Morgan fingerprint density at radius 2 is 1.76 bits per heavy atom. The van der Waals surface area contributed by atoms with Crippen molar-refractivity contribution in [2.75, 3.05) is 31.2 Å². The van der Waals surface area contributed by atoms with Gasteiger partial charge in [0.1, 0.15) is 0 Å². The minimum Gasteiger partial charge on any atom is -0.378 e. The molecule has 9 heteroatoms. The molecule has 2 aromatic carbocycles. The average Bonchev–Trinajstić information content (AvgIpc) is 3.37. The molecule has 1 saturated heterocycles. The molecule has 0 spiro atoms. The highest BCUT2D eigenvalue weighted by atomic mass is 16.5. The first-order chi connectivity index (χ1) is 18.1. The molecule has 5 rings (SSSR count). The van der Waals surface area contributed by atoms with Crippen molar-refractivity contribution in [2.45, 2.75) is 26.3 Å². The number of aryl methyl sites for hydroxylation is 1. The van der Waals surface area contributed by atoms with E-state index in [0.717, 1.165) is 22.5 Å². The Hall–Kier alpha value is -4.24. The van der Waals surface area contributed by atoms with E-state index in [1.54, 1.807) is 0 Å². The number of para-hydroxylation sites is 1. The number of hydrogen-bond donors (Lipinski definition) is 2. The van der Waals surface area contributed by atoms with Crippen molar-refractivity contribution in [3.63, 3.8) is 0 Å². The molecule has 1 amide bonds. The van der Waals surface area contributed by atoms with Gasteiger partial charge >= 0.3 is 0 Å². The lowest BCUT2D eigenvalue weighted by atomic mass is 10.1. The maximum Gasteiger partial charge on any atom is 0.255 e. The van der Waals surface area contributed by atoms with E-state index in [1.807, 2.05) is 83.4 Å². The van der Waals surface area contributed by atoms with Gasteiger partial charge in [0, 0.05) is 54.6 Å².